The maximum atomic E-state index is 5.88. The molecular formula is C8H20IN3. The molecule has 1 atom stereocenters. The summed E-state index contributed by atoms with van der Waals surface area (Å²) < 4.78 is 8.08. The zero-order chi connectivity index (χ0) is 9.72. The first-order chi connectivity index (χ1) is 5.49. The van der Waals surface area contributed by atoms with Crippen LogP contribution in [0.3, 0.4) is 0 Å². The van der Waals surface area contributed by atoms with Crippen LogP contribution in [-0.2, 0) is 0 Å². The van der Waals surface area contributed by atoms with Crippen molar-refractivity contribution in [1.82, 2.24) is 8.43 Å². The molecule has 4 heteroatoms. The molecule has 0 aromatic heterocycles. The van der Waals surface area contributed by atoms with Gasteiger partial charge in [-0.25, -0.2) is 0 Å². The number of likely N-dealkylation sites (N-methyl/N-ethyl adjacent to an activating group) is 1. The van der Waals surface area contributed by atoms with E-state index in [9.17, 15) is 0 Å². The molecule has 0 amide bonds. The van der Waals surface area contributed by atoms with E-state index < -0.39 is 20.4 Å². The molecule has 1 unspecified atom stereocenters. The van der Waals surface area contributed by atoms with Gasteiger partial charge >= 0.3 is 83.4 Å². The van der Waals surface area contributed by atoms with Gasteiger partial charge in [-0.2, -0.15) is 0 Å². The predicted molar refractivity (Wildman–Crippen MR) is 64.2 cm³/mol. The number of nitrogens with one attached hydrogen (secondary N) is 1. The van der Waals surface area contributed by atoms with Gasteiger partial charge in [0.1, 0.15) is 0 Å². The molecule has 74 valence electrons. The molecule has 0 aliphatic heterocycles. The number of nitrogens with zero attached hydrogens (tertiary/aromatic N) is 1. The summed E-state index contributed by atoms with van der Waals surface area (Å²) in [6.45, 7) is 4.23. The van der Waals surface area contributed by atoms with Crippen LogP contribution in [0.4, 0.5) is 0 Å². The summed E-state index contributed by atoms with van der Waals surface area (Å²) in [7, 11) is 4.03. The van der Waals surface area contributed by atoms with E-state index in [0.29, 0.717) is 6.04 Å². The number of hydrogen-bond donors (Lipinski definition) is 2. The molecular weight excluding hydrogens is 265 g/mol. The molecule has 0 aliphatic rings. The van der Waals surface area contributed by atoms with Crippen molar-refractivity contribution < 1.29 is 0 Å². The van der Waals surface area contributed by atoms with Gasteiger partial charge in [0.15, 0.2) is 0 Å². The average Bonchev–Trinajstić information content (AvgIpc) is 2.02. The normalized spacial score (nSPS) is 15.8. The fourth-order valence-corrected chi connectivity index (χ4v) is 2.12. The van der Waals surface area contributed by atoms with Crippen molar-refractivity contribution in [3.8, 4) is 0 Å². The molecule has 0 aromatic rings. The third-order valence-corrected chi connectivity index (χ3v) is 4.88. The number of halogens is 1. The topological polar surface area (TPSA) is 41.3 Å². The van der Waals surface area contributed by atoms with Gasteiger partial charge < -0.3 is 0 Å². The number of hydrogen-bond acceptors (Lipinski definition) is 3. The Morgan fingerprint density at radius 2 is 2.17 bits per heavy atom. The Morgan fingerprint density at radius 1 is 1.67 bits per heavy atom. The Labute approximate surface area is 83.5 Å². The van der Waals surface area contributed by atoms with E-state index in [1.807, 2.05) is 7.05 Å². The molecule has 0 heterocycles. The number of alkyl halides is 1. The number of rotatable bonds is 4. The molecule has 0 saturated heterocycles. The van der Waals surface area contributed by atoms with Crippen molar-refractivity contribution in [2.24, 2.45) is 3.95 Å². The summed E-state index contributed by atoms with van der Waals surface area (Å²) in [5.74, 6) is 0. The Kier molecular flexibility index (Phi) is 5.86. The van der Waals surface area contributed by atoms with Gasteiger partial charge in [0.05, 0.1) is 0 Å². The summed E-state index contributed by atoms with van der Waals surface area (Å²) in [4.78, 5) is 2.13. The molecule has 0 radical (unpaired) electrons. The van der Waals surface area contributed by atoms with Crippen LogP contribution in [0.15, 0.2) is 11.8 Å². The van der Waals surface area contributed by atoms with Gasteiger partial charge in [0.25, 0.3) is 0 Å². The second-order valence-corrected chi connectivity index (χ2v) is 7.06. The van der Waals surface area contributed by atoms with Gasteiger partial charge in [-0.3, -0.25) is 0 Å². The molecule has 0 fully saturated rings. The summed E-state index contributed by atoms with van der Waals surface area (Å²) in [6.07, 6.45) is 2.20. The first kappa shape index (κ1) is 12.2. The molecule has 0 bridgehead atoms. The number of allylic oxidation sites excluding steroid dienone is 1. The first-order valence-electron chi connectivity index (χ1n) is 3.92. The van der Waals surface area contributed by atoms with E-state index in [0.717, 1.165) is 0 Å². The average molecular weight is 285 g/mol. The van der Waals surface area contributed by atoms with Crippen LogP contribution in [0.1, 0.15) is 13.8 Å². The Morgan fingerprint density at radius 3 is 2.50 bits per heavy atom. The van der Waals surface area contributed by atoms with E-state index in [-0.39, 0.29) is 0 Å². The van der Waals surface area contributed by atoms with Crippen molar-refractivity contribution in [3.05, 3.63) is 11.8 Å². The van der Waals surface area contributed by atoms with E-state index in [4.69, 9.17) is 3.95 Å². The van der Waals surface area contributed by atoms with Crippen LogP contribution in [0, 0.1) is 0 Å². The second kappa shape index (κ2) is 5.77. The van der Waals surface area contributed by atoms with Crippen molar-refractivity contribution in [2.45, 2.75) is 19.9 Å². The van der Waals surface area contributed by atoms with E-state index >= 15 is 0 Å². The molecule has 0 saturated carbocycles. The van der Waals surface area contributed by atoms with Crippen molar-refractivity contribution in [3.63, 3.8) is 0 Å². The summed E-state index contributed by atoms with van der Waals surface area (Å²) in [5.41, 5.74) is 1.27. The van der Waals surface area contributed by atoms with E-state index in [2.05, 4.69) is 40.3 Å². The van der Waals surface area contributed by atoms with Crippen LogP contribution in [-0.4, -0.2) is 28.2 Å². The van der Waals surface area contributed by atoms with Gasteiger partial charge in [0.2, 0.25) is 0 Å². The van der Waals surface area contributed by atoms with Crippen molar-refractivity contribution in [2.75, 3.05) is 19.0 Å². The van der Waals surface area contributed by atoms with Gasteiger partial charge in [0, 0.05) is 0 Å². The Balaban J connectivity index is 4.16. The standard InChI is InChI=1S/C8H20IN3/c1-7(11-4)6-8(2)12(5)9(3)10/h6-7,11H,10H2,1-5H3/b8-6-. The first-order valence-corrected chi connectivity index (χ1v) is 8.29. The predicted octanol–water partition coefficient (Wildman–Crippen LogP) is 1.35. The third-order valence-electron chi connectivity index (χ3n) is 1.83. The fraction of sp³-hybridized carbons (Fsp3) is 0.750. The van der Waals surface area contributed by atoms with Crippen LogP contribution in [0.25, 0.3) is 0 Å². The molecule has 0 spiro atoms. The molecule has 0 aromatic carbocycles. The Bertz CT molecular complexity index is 156. The molecule has 0 rings (SSSR count). The minimum absolute atomic E-state index is 0.420. The van der Waals surface area contributed by atoms with Crippen LogP contribution < -0.4 is 9.26 Å². The van der Waals surface area contributed by atoms with Crippen molar-refractivity contribution in [1.29, 1.82) is 0 Å². The number of nitrogens with two attached hydrogens (primary N) is 1. The summed E-state index contributed by atoms with van der Waals surface area (Å²) in [5, 5.41) is 3.16. The van der Waals surface area contributed by atoms with Gasteiger partial charge in [-0.05, 0) is 0 Å². The monoisotopic (exact) mass is 285 g/mol. The second-order valence-electron chi connectivity index (χ2n) is 2.85. The molecule has 3 nitrogen and oxygen atoms in total. The van der Waals surface area contributed by atoms with E-state index in [1.165, 1.54) is 5.70 Å². The van der Waals surface area contributed by atoms with Crippen LogP contribution >= 0.6 is 20.4 Å². The molecule has 12 heavy (non-hydrogen) atoms. The SMILES string of the molecule is CNC(C)/C=C(/C)N(C)I(C)N. The zero-order valence-electron chi connectivity index (χ0n) is 8.56. The van der Waals surface area contributed by atoms with Gasteiger partial charge in [-0.15, -0.1) is 0 Å². The Hall–Kier alpha value is 0.190. The third kappa shape index (κ3) is 4.27. The fourth-order valence-electron chi connectivity index (χ4n) is 0.758. The zero-order valence-corrected chi connectivity index (χ0v) is 10.7. The quantitative estimate of drug-likeness (QED) is 0.465. The van der Waals surface area contributed by atoms with Gasteiger partial charge in [-0.1, -0.05) is 0 Å². The summed E-state index contributed by atoms with van der Waals surface area (Å²) >= 11 is -1.31. The minimum atomic E-state index is -1.31. The van der Waals surface area contributed by atoms with Crippen LogP contribution in [0.5, 0.6) is 0 Å². The van der Waals surface area contributed by atoms with Crippen molar-refractivity contribution >= 4 is 20.4 Å². The van der Waals surface area contributed by atoms with Crippen LogP contribution in [0.2, 0.25) is 0 Å². The molecule has 3 N–H and O–H groups in total. The summed E-state index contributed by atoms with van der Waals surface area (Å²) in [6, 6.07) is 0.420. The molecule has 0 aliphatic carbocycles. The maximum absolute atomic E-state index is 5.88. The van der Waals surface area contributed by atoms with E-state index in [1.54, 1.807) is 0 Å².